The van der Waals surface area contributed by atoms with Crippen molar-refractivity contribution in [3.05, 3.63) is 45.6 Å². The molecule has 0 radical (unpaired) electrons. The zero-order valence-corrected chi connectivity index (χ0v) is 12.6. The lowest BCUT2D eigenvalue weighted by Crippen LogP contribution is -2.26. The molecular formula is C12H13ClN2O2S2. The molecule has 0 spiro atoms. The molecule has 0 saturated heterocycles. The normalized spacial score (nSPS) is 11.9. The minimum atomic E-state index is -3.59. The van der Waals surface area contributed by atoms with Crippen molar-refractivity contribution in [1.82, 2.24) is 4.31 Å². The lowest BCUT2D eigenvalue weighted by atomic mass is 10.3. The summed E-state index contributed by atoms with van der Waals surface area (Å²) in [5.74, 6) is 0. The molecule has 4 nitrogen and oxygen atoms in total. The lowest BCUT2D eigenvalue weighted by molar-refractivity contribution is 0.470. The molecule has 0 bridgehead atoms. The summed E-state index contributed by atoms with van der Waals surface area (Å²) in [5.41, 5.74) is 5.97. The predicted octanol–water partition coefficient (Wildman–Crippen LogP) is 2.80. The van der Waals surface area contributed by atoms with Gasteiger partial charge in [-0.2, -0.15) is 4.31 Å². The van der Waals surface area contributed by atoms with Gasteiger partial charge in [0.15, 0.2) is 0 Å². The van der Waals surface area contributed by atoms with E-state index in [0.717, 1.165) is 4.88 Å². The number of thiophene rings is 1. The van der Waals surface area contributed by atoms with Gasteiger partial charge in [0.1, 0.15) is 4.90 Å². The maximum Gasteiger partial charge on any atom is 0.245 e. The van der Waals surface area contributed by atoms with Gasteiger partial charge in [-0.15, -0.1) is 11.3 Å². The van der Waals surface area contributed by atoms with Crippen molar-refractivity contribution in [1.29, 1.82) is 0 Å². The molecule has 0 aliphatic heterocycles. The van der Waals surface area contributed by atoms with Crippen LogP contribution < -0.4 is 5.73 Å². The molecule has 0 amide bonds. The van der Waals surface area contributed by atoms with Gasteiger partial charge in [0.2, 0.25) is 10.0 Å². The quantitative estimate of drug-likeness (QED) is 0.882. The van der Waals surface area contributed by atoms with E-state index < -0.39 is 10.0 Å². The van der Waals surface area contributed by atoms with E-state index in [1.807, 2.05) is 6.07 Å². The van der Waals surface area contributed by atoms with Crippen LogP contribution in [0, 0.1) is 0 Å². The number of hydrogen-bond acceptors (Lipinski definition) is 4. The summed E-state index contributed by atoms with van der Waals surface area (Å²) in [6, 6.07) is 9.99. The minimum Gasteiger partial charge on any atom is -0.398 e. The Balaban J connectivity index is 2.27. The molecule has 1 aromatic heterocycles. The first kappa shape index (κ1) is 14.3. The van der Waals surface area contributed by atoms with E-state index in [4.69, 9.17) is 17.3 Å². The van der Waals surface area contributed by atoms with Crippen LogP contribution >= 0.6 is 22.9 Å². The molecule has 0 atom stereocenters. The Kier molecular flexibility index (Phi) is 4.15. The summed E-state index contributed by atoms with van der Waals surface area (Å²) in [6.07, 6.45) is 0. The van der Waals surface area contributed by atoms with Crippen LogP contribution in [-0.4, -0.2) is 19.8 Å². The Morgan fingerprint density at radius 3 is 2.53 bits per heavy atom. The highest BCUT2D eigenvalue weighted by Crippen LogP contribution is 2.26. The van der Waals surface area contributed by atoms with E-state index in [1.54, 1.807) is 24.3 Å². The topological polar surface area (TPSA) is 63.4 Å². The van der Waals surface area contributed by atoms with E-state index in [9.17, 15) is 8.42 Å². The van der Waals surface area contributed by atoms with Gasteiger partial charge in [-0.3, -0.25) is 0 Å². The SMILES string of the molecule is CN(Cc1ccc(Cl)s1)S(=O)(=O)c1ccccc1N. The molecule has 2 N–H and O–H groups in total. The monoisotopic (exact) mass is 316 g/mol. The highest BCUT2D eigenvalue weighted by molar-refractivity contribution is 7.89. The van der Waals surface area contributed by atoms with E-state index in [2.05, 4.69) is 0 Å². The molecular weight excluding hydrogens is 304 g/mol. The first-order valence-corrected chi connectivity index (χ1v) is 8.10. The van der Waals surface area contributed by atoms with Gasteiger partial charge in [-0.25, -0.2) is 8.42 Å². The Bertz CT molecular complexity index is 683. The molecule has 0 saturated carbocycles. The highest BCUT2D eigenvalue weighted by atomic mass is 35.5. The third kappa shape index (κ3) is 3.09. The van der Waals surface area contributed by atoms with Crippen LogP contribution in [0.15, 0.2) is 41.3 Å². The van der Waals surface area contributed by atoms with Crippen LogP contribution in [0.2, 0.25) is 4.34 Å². The van der Waals surface area contributed by atoms with E-state index >= 15 is 0 Å². The van der Waals surface area contributed by atoms with E-state index in [0.29, 0.717) is 4.34 Å². The van der Waals surface area contributed by atoms with Gasteiger partial charge >= 0.3 is 0 Å². The number of nitrogens with zero attached hydrogens (tertiary/aromatic N) is 1. The largest absolute Gasteiger partial charge is 0.398 e. The van der Waals surface area contributed by atoms with Gasteiger partial charge in [0, 0.05) is 18.5 Å². The van der Waals surface area contributed by atoms with Crippen molar-refractivity contribution in [3.63, 3.8) is 0 Å². The van der Waals surface area contributed by atoms with Crippen molar-refractivity contribution in [2.24, 2.45) is 0 Å². The number of halogens is 1. The molecule has 0 aliphatic carbocycles. The molecule has 0 fully saturated rings. The third-order valence-corrected chi connectivity index (χ3v) is 5.71. The lowest BCUT2D eigenvalue weighted by Gasteiger charge is -2.17. The van der Waals surface area contributed by atoms with Crippen molar-refractivity contribution in [2.45, 2.75) is 11.4 Å². The molecule has 0 aliphatic rings. The summed E-state index contributed by atoms with van der Waals surface area (Å²) >= 11 is 7.19. The van der Waals surface area contributed by atoms with E-state index in [1.165, 1.54) is 28.8 Å². The number of nitrogens with two attached hydrogens (primary N) is 1. The number of anilines is 1. The number of nitrogen functional groups attached to an aromatic ring is 1. The fourth-order valence-corrected chi connectivity index (χ4v) is 4.11. The Morgan fingerprint density at radius 1 is 1.26 bits per heavy atom. The second-order valence-corrected chi connectivity index (χ2v) is 7.82. The van der Waals surface area contributed by atoms with Crippen molar-refractivity contribution in [2.75, 3.05) is 12.8 Å². The molecule has 1 aromatic carbocycles. The maximum absolute atomic E-state index is 12.4. The molecule has 2 aromatic rings. The van der Waals surface area contributed by atoms with Crippen LogP contribution in [0.1, 0.15) is 4.88 Å². The van der Waals surface area contributed by atoms with Crippen LogP contribution in [-0.2, 0) is 16.6 Å². The average Bonchev–Trinajstić information content (AvgIpc) is 2.75. The third-order valence-electron chi connectivity index (χ3n) is 2.61. The van der Waals surface area contributed by atoms with Crippen LogP contribution in [0.25, 0.3) is 0 Å². The summed E-state index contributed by atoms with van der Waals surface area (Å²) in [4.78, 5) is 1.01. The fraction of sp³-hybridized carbons (Fsp3) is 0.167. The number of sulfonamides is 1. The van der Waals surface area contributed by atoms with Gasteiger partial charge in [-0.1, -0.05) is 23.7 Å². The fourth-order valence-electron chi connectivity index (χ4n) is 1.62. The van der Waals surface area contributed by atoms with Crippen LogP contribution in [0.5, 0.6) is 0 Å². The number of hydrogen-bond donors (Lipinski definition) is 1. The molecule has 7 heteroatoms. The van der Waals surface area contributed by atoms with Gasteiger partial charge < -0.3 is 5.73 Å². The van der Waals surface area contributed by atoms with Crippen molar-refractivity contribution >= 4 is 38.6 Å². The van der Waals surface area contributed by atoms with Gasteiger partial charge in [0.05, 0.1) is 10.0 Å². The van der Waals surface area contributed by atoms with E-state index in [-0.39, 0.29) is 17.1 Å². The maximum atomic E-state index is 12.4. The van der Waals surface area contributed by atoms with Crippen molar-refractivity contribution < 1.29 is 8.42 Å². The zero-order chi connectivity index (χ0) is 14.0. The Hall–Kier alpha value is -1.08. The summed E-state index contributed by atoms with van der Waals surface area (Å²) in [7, 11) is -2.06. The smallest absolute Gasteiger partial charge is 0.245 e. The second-order valence-electron chi connectivity index (χ2n) is 4.00. The predicted molar refractivity (Wildman–Crippen MR) is 78.8 cm³/mol. The second kappa shape index (κ2) is 5.50. The first-order valence-electron chi connectivity index (χ1n) is 5.46. The van der Waals surface area contributed by atoms with Crippen molar-refractivity contribution in [3.8, 4) is 0 Å². The van der Waals surface area contributed by atoms with Gasteiger partial charge in [-0.05, 0) is 24.3 Å². The Morgan fingerprint density at radius 2 is 1.95 bits per heavy atom. The standard InChI is InChI=1S/C12H13ClN2O2S2/c1-15(8-9-6-7-12(13)18-9)19(16,17)11-5-3-2-4-10(11)14/h2-7H,8,14H2,1H3. The molecule has 1 heterocycles. The summed E-state index contributed by atoms with van der Waals surface area (Å²) in [6.45, 7) is 0.272. The zero-order valence-electron chi connectivity index (χ0n) is 10.2. The molecule has 19 heavy (non-hydrogen) atoms. The van der Waals surface area contributed by atoms with Crippen LogP contribution in [0.3, 0.4) is 0 Å². The molecule has 102 valence electrons. The van der Waals surface area contributed by atoms with Crippen LogP contribution in [0.4, 0.5) is 5.69 Å². The number of para-hydroxylation sites is 1. The first-order chi connectivity index (χ1) is 8.91. The van der Waals surface area contributed by atoms with Gasteiger partial charge in [0.25, 0.3) is 0 Å². The average molecular weight is 317 g/mol. The summed E-state index contributed by atoms with van der Waals surface area (Å²) < 4.78 is 26.7. The Labute approximate surface area is 121 Å². The highest BCUT2D eigenvalue weighted by Gasteiger charge is 2.23. The summed E-state index contributed by atoms with van der Waals surface area (Å²) in [5, 5.41) is 0. The molecule has 0 unspecified atom stereocenters. The number of benzene rings is 1. The minimum absolute atomic E-state index is 0.125. The molecule has 2 rings (SSSR count). The number of rotatable bonds is 4.